The summed E-state index contributed by atoms with van der Waals surface area (Å²) in [6.45, 7) is 4.95. The monoisotopic (exact) mass is 264 g/mol. The van der Waals surface area contributed by atoms with Crippen LogP contribution >= 0.6 is 0 Å². The molecular weight excluding hydrogens is 244 g/mol. The maximum atomic E-state index is 11.3. The van der Waals surface area contributed by atoms with E-state index in [1.165, 1.54) is 0 Å². The number of aliphatic hydroxyl groups excluding tert-OH is 1. The highest BCUT2D eigenvalue weighted by Crippen LogP contribution is 2.12. The first-order valence-corrected chi connectivity index (χ1v) is 7.81. The summed E-state index contributed by atoms with van der Waals surface area (Å²) in [5, 5.41) is 12.7. The van der Waals surface area contributed by atoms with Crippen LogP contribution in [0.5, 0.6) is 0 Å². The van der Waals surface area contributed by atoms with E-state index in [0.29, 0.717) is 6.54 Å². The highest BCUT2D eigenvalue weighted by molar-refractivity contribution is 7.91. The Morgan fingerprint density at radius 2 is 2.00 bits per heavy atom. The second-order valence-electron chi connectivity index (χ2n) is 4.66. The summed E-state index contributed by atoms with van der Waals surface area (Å²) in [5.41, 5.74) is 0. The first-order valence-electron chi connectivity index (χ1n) is 5.99. The molecule has 2 N–H and O–H groups in total. The first-order chi connectivity index (χ1) is 8.07. The van der Waals surface area contributed by atoms with Crippen LogP contribution in [-0.2, 0) is 14.6 Å². The predicted octanol–water partition coefficient (Wildman–Crippen LogP) is -1.93. The highest BCUT2D eigenvalue weighted by Gasteiger charge is 2.35. The van der Waals surface area contributed by atoms with E-state index in [4.69, 9.17) is 4.74 Å². The Bertz CT molecular complexity index is 340. The molecule has 0 aromatic heterocycles. The lowest BCUT2D eigenvalue weighted by atomic mass is 10.2. The largest absolute Gasteiger partial charge is 0.390 e. The van der Waals surface area contributed by atoms with Gasteiger partial charge in [0.15, 0.2) is 9.84 Å². The number of nitrogens with one attached hydrogen (secondary N) is 1. The molecule has 0 radical (unpaired) electrons. The van der Waals surface area contributed by atoms with Crippen molar-refractivity contribution in [2.45, 2.75) is 12.1 Å². The van der Waals surface area contributed by atoms with Crippen LogP contribution in [0.3, 0.4) is 0 Å². The van der Waals surface area contributed by atoms with Gasteiger partial charge in [-0.15, -0.1) is 0 Å². The van der Waals surface area contributed by atoms with Crippen molar-refractivity contribution < 1.29 is 18.3 Å². The number of aliphatic hydroxyl groups is 1. The molecule has 17 heavy (non-hydrogen) atoms. The first kappa shape index (κ1) is 13.2. The van der Waals surface area contributed by atoms with Crippen molar-refractivity contribution in [1.82, 2.24) is 10.2 Å². The molecule has 2 fully saturated rings. The van der Waals surface area contributed by atoms with Crippen molar-refractivity contribution >= 4 is 9.84 Å². The fourth-order valence-corrected chi connectivity index (χ4v) is 4.03. The molecule has 2 rings (SSSR count). The fourth-order valence-electron chi connectivity index (χ4n) is 2.26. The van der Waals surface area contributed by atoms with Crippen molar-refractivity contribution in [3.8, 4) is 0 Å². The van der Waals surface area contributed by atoms with Crippen molar-refractivity contribution in [2.24, 2.45) is 0 Å². The van der Waals surface area contributed by atoms with Crippen LogP contribution in [0.2, 0.25) is 0 Å². The van der Waals surface area contributed by atoms with E-state index in [-0.39, 0.29) is 17.5 Å². The lowest BCUT2D eigenvalue weighted by Crippen LogP contribution is -2.45. The average Bonchev–Trinajstić information content (AvgIpc) is 2.53. The van der Waals surface area contributed by atoms with Gasteiger partial charge in [0.25, 0.3) is 0 Å². The number of ether oxygens (including phenoxy) is 1. The van der Waals surface area contributed by atoms with Crippen LogP contribution in [0.4, 0.5) is 0 Å². The van der Waals surface area contributed by atoms with Crippen LogP contribution in [0.15, 0.2) is 0 Å². The van der Waals surface area contributed by atoms with E-state index in [1.54, 1.807) is 0 Å². The van der Waals surface area contributed by atoms with Crippen molar-refractivity contribution in [3.05, 3.63) is 0 Å². The Hall–Kier alpha value is -0.210. The molecule has 0 spiro atoms. The molecule has 100 valence electrons. The summed E-state index contributed by atoms with van der Waals surface area (Å²) in [4.78, 5) is 2.27. The van der Waals surface area contributed by atoms with Crippen LogP contribution in [0, 0.1) is 0 Å². The summed E-state index contributed by atoms with van der Waals surface area (Å²) in [5.74, 6) is -0.0561. The molecule has 2 aliphatic heterocycles. The Kier molecular flexibility index (Phi) is 4.37. The zero-order chi connectivity index (χ0) is 12.3. The second-order valence-corrected chi connectivity index (χ2v) is 6.81. The number of sulfone groups is 1. The molecule has 2 heterocycles. The normalized spacial score (nSPS) is 33.9. The van der Waals surface area contributed by atoms with Gasteiger partial charge in [0.2, 0.25) is 0 Å². The van der Waals surface area contributed by atoms with Crippen LogP contribution < -0.4 is 5.32 Å². The minimum Gasteiger partial charge on any atom is -0.390 e. The fraction of sp³-hybridized carbons (Fsp3) is 1.00. The average molecular weight is 264 g/mol. The standard InChI is InChI=1S/C10H20N2O4S/c13-10-8-17(14,15)7-9(10)11-1-2-12-3-5-16-6-4-12/h9-11,13H,1-8H2/t9-,10+/m0/s1. The van der Waals surface area contributed by atoms with Gasteiger partial charge in [-0.2, -0.15) is 0 Å². The number of hydrogen-bond acceptors (Lipinski definition) is 6. The molecule has 0 aromatic carbocycles. The minimum absolute atomic E-state index is 0.0529. The lowest BCUT2D eigenvalue weighted by molar-refractivity contribution is 0.0375. The van der Waals surface area contributed by atoms with Gasteiger partial charge in [0, 0.05) is 32.2 Å². The SMILES string of the molecule is O=S1(=O)C[C@@H](O)[C@@H](NCCN2CCOCC2)C1. The Labute approximate surface area is 102 Å². The smallest absolute Gasteiger partial charge is 0.154 e. The number of rotatable bonds is 4. The third-order valence-electron chi connectivity index (χ3n) is 3.26. The summed E-state index contributed by atoms with van der Waals surface area (Å²) in [6, 6.07) is -0.305. The summed E-state index contributed by atoms with van der Waals surface area (Å²) >= 11 is 0. The van der Waals surface area contributed by atoms with E-state index < -0.39 is 15.9 Å². The predicted molar refractivity (Wildman–Crippen MR) is 63.7 cm³/mol. The molecule has 7 heteroatoms. The van der Waals surface area contributed by atoms with Gasteiger partial charge in [-0.25, -0.2) is 8.42 Å². The summed E-state index contributed by atoms with van der Waals surface area (Å²) in [7, 11) is -3.05. The van der Waals surface area contributed by atoms with Gasteiger partial charge >= 0.3 is 0 Å². The lowest BCUT2D eigenvalue weighted by Gasteiger charge is -2.27. The van der Waals surface area contributed by atoms with Gasteiger partial charge < -0.3 is 15.2 Å². The quantitative estimate of drug-likeness (QED) is 0.615. The third kappa shape index (κ3) is 3.89. The van der Waals surface area contributed by atoms with Gasteiger partial charge in [-0.1, -0.05) is 0 Å². The Balaban J connectivity index is 1.68. The molecule has 0 bridgehead atoms. The molecule has 2 saturated heterocycles. The van der Waals surface area contributed by atoms with E-state index in [9.17, 15) is 13.5 Å². The molecular formula is C10H20N2O4S. The van der Waals surface area contributed by atoms with E-state index >= 15 is 0 Å². The molecule has 0 aromatic rings. The van der Waals surface area contributed by atoms with E-state index in [1.807, 2.05) is 0 Å². The maximum Gasteiger partial charge on any atom is 0.154 e. The maximum absolute atomic E-state index is 11.3. The molecule has 6 nitrogen and oxygen atoms in total. The minimum atomic E-state index is -3.05. The second kappa shape index (κ2) is 5.62. The number of morpholine rings is 1. The molecule has 0 saturated carbocycles. The van der Waals surface area contributed by atoms with Crippen molar-refractivity contribution in [2.75, 3.05) is 50.9 Å². The Morgan fingerprint density at radius 3 is 2.59 bits per heavy atom. The third-order valence-corrected chi connectivity index (χ3v) is 4.98. The van der Waals surface area contributed by atoms with Crippen LogP contribution in [-0.4, -0.2) is 81.5 Å². The zero-order valence-corrected chi connectivity index (χ0v) is 10.7. The van der Waals surface area contributed by atoms with Gasteiger partial charge in [0.1, 0.15) is 0 Å². The number of nitrogens with zero attached hydrogens (tertiary/aromatic N) is 1. The highest BCUT2D eigenvalue weighted by atomic mass is 32.2. The van der Waals surface area contributed by atoms with Gasteiger partial charge in [0.05, 0.1) is 30.8 Å². The van der Waals surface area contributed by atoms with E-state index in [0.717, 1.165) is 32.8 Å². The van der Waals surface area contributed by atoms with Gasteiger partial charge in [-0.05, 0) is 0 Å². The van der Waals surface area contributed by atoms with Crippen molar-refractivity contribution in [3.63, 3.8) is 0 Å². The van der Waals surface area contributed by atoms with Gasteiger partial charge in [-0.3, -0.25) is 4.90 Å². The molecule has 0 unspecified atom stereocenters. The number of hydrogen-bond donors (Lipinski definition) is 2. The Morgan fingerprint density at radius 1 is 1.29 bits per heavy atom. The zero-order valence-electron chi connectivity index (χ0n) is 9.84. The molecule has 0 amide bonds. The summed E-state index contributed by atoms with van der Waals surface area (Å²) in [6.07, 6.45) is -0.760. The topological polar surface area (TPSA) is 78.9 Å². The van der Waals surface area contributed by atoms with Crippen LogP contribution in [0.1, 0.15) is 0 Å². The van der Waals surface area contributed by atoms with E-state index in [2.05, 4.69) is 10.2 Å². The molecule has 2 atom stereocenters. The molecule has 0 aliphatic carbocycles. The van der Waals surface area contributed by atoms with Crippen molar-refractivity contribution in [1.29, 1.82) is 0 Å². The summed E-state index contributed by atoms with van der Waals surface area (Å²) < 4.78 is 27.8. The van der Waals surface area contributed by atoms with Crippen LogP contribution in [0.25, 0.3) is 0 Å². The molecule has 2 aliphatic rings.